The van der Waals surface area contributed by atoms with Gasteiger partial charge in [0.05, 0.1) is 11.1 Å². The van der Waals surface area contributed by atoms with Crippen molar-refractivity contribution >= 4 is 21.8 Å². The Balaban J connectivity index is 2.14. The molecule has 1 aromatic rings. The van der Waals surface area contributed by atoms with Gasteiger partial charge in [-0.15, -0.1) is 0 Å². The largest absolute Gasteiger partial charge is 0.346 e. The van der Waals surface area contributed by atoms with Crippen LogP contribution in [0.3, 0.4) is 0 Å². The summed E-state index contributed by atoms with van der Waals surface area (Å²) in [6.45, 7) is 3.67. The zero-order valence-electron chi connectivity index (χ0n) is 9.52. The topological polar surface area (TPSA) is 41.1 Å². The molecule has 0 aliphatic carbocycles. The predicted octanol–water partition coefficient (Wildman–Crippen LogP) is 2.07. The zero-order chi connectivity index (χ0) is 12.5. The highest BCUT2D eigenvalue weighted by Gasteiger charge is 2.30. The summed E-state index contributed by atoms with van der Waals surface area (Å²) in [7, 11) is 0. The first-order valence-corrected chi connectivity index (χ1v) is 6.28. The monoisotopic (exact) mass is 300 g/mol. The van der Waals surface area contributed by atoms with Gasteiger partial charge in [-0.2, -0.15) is 0 Å². The van der Waals surface area contributed by atoms with Crippen LogP contribution in [0.25, 0.3) is 0 Å². The van der Waals surface area contributed by atoms with E-state index in [-0.39, 0.29) is 17.3 Å². The highest BCUT2D eigenvalue weighted by Crippen LogP contribution is 2.20. The average molecular weight is 301 g/mol. The fourth-order valence-electron chi connectivity index (χ4n) is 1.94. The van der Waals surface area contributed by atoms with Crippen LogP contribution in [0.15, 0.2) is 22.7 Å². The van der Waals surface area contributed by atoms with Gasteiger partial charge in [0, 0.05) is 11.0 Å². The van der Waals surface area contributed by atoms with Crippen molar-refractivity contribution in [3.63, 3.8) is 0 Å². The van der Waals surface area contributed by atoms with Gasteiger partial charge >= 0.3 is 0 Å². The fraction of sp³-hybridized carbons (Fsp3) is 0.417. The lowest BCUT2D eigenvalue weighted by molar-refractivity contribution is 0.0912. The van der Waals surface area contributed by atoms with Gasteiger partial charge in [0.1, 0.15) is 5.82 Å². The number of amides is 1. The van der Waals surface area contributed by atoms with E-state index in [4.69, 9.17) is 0 Å². The van der Waals surface area contributed by atoms with E-state index in [9.17, 15) is 9.18 Å². The van der Waals surface area contributed by atoms with Crippen LogP contribution in [0.2, 0.25) is 0 Å². The van der Waals surface area contributed by atoms with Gasteiger partial charge in [-0.1, -0.05) is 0 Å². The van der Waals surface area contributed by atoms with Crippen LogP contribution in [-0.2, 0) is 0 Å². The van der Waals surface area contributed by atoms with Crippen LogP contribution in [0.5, 0.6) is 0 Å². The van der Waals surface area contributed by atoms with E-state index in [0.717, 1.165) is 19.5 Å². The summed E-state index contributed by atoms with van der Waals surface area (Å²) in [5, 5.41) is 6.18. The lowest BCUT2D eigenvalue weighted by Gasteiger charge is -2.24. The molecular weight excluding hydrogens is 287 g/mol. The second-order valence-electron chi connectivity index (χ2n) is 4.57. The third-order valence-electron chi connectivity index (χ3n) is 2.96. The molecule has 1 atom stereocenters. The SMILES string of the molecule is CC1(NC(=O)c2ccc(F)cc2Br)CCNC1. The summed E-state index contributed by atoms with van der Waals surface area (Å²) in [6.07, 6.45) is 0.900. The van der Waals surface area contributed by atoms with Gasteiger partial charge in [-0.3, -0.25) is 4.79 Å². The van der Waals surface area contributed by atoms with Crippen LogP contribution in [0, 0.1) is 5.82 Å². The van der Waals surface area contributed by atoms with E-state index in [1.807, 2.05) is 6.92 Å². The minimum Gasteiger partial charge on any atom is -0.346 e. The Kier molecular flexibility index (Phi) is 3.49. The molecule has 2 N–H and O–H groups in total. The Morgan fingerprint density at radius 3 is 2.94 bits per heavy atom. The number of benzene rings is 1. The summed E-state index contributed by atoms with van der Waals surface area (Å²) >= 11 is 3.20. The lowest BCUT2D eigenvalue weighted by Crippen LogP contribution is -2.47. The smallest absolute Gasteiger partial charge is 0.252 e. The maximum Gasteiger partial charge on any atom is 0.252 e. The standard InChI is InChI=1S/C12H14BrFN2O/c1-12(4-5-15-7-12)16-11(17)9-3-2-8(14)6-10(9)13/h2-3,6,15H,4-5,7H2,1H3,(H,16,17). The van der Waals surface area contributed by atoms with E-state index < -0.39 is 0 Å². The quantitative estimate of drug-likeness (QED) is 0.878. The Bertz CT molecular complexity index is 444. The van der Waals surface area contributed by atoms with Crippen LogP contribution in [0.4, 0.5) is 4.39 Å². The summed E-state index contributed by atoms with van der Waals surface area (Å²) in [5.41, 5.74) is 0.241. The molecule has 2 rings (SSSR count). The van der Waals surface area contributed by atoms with Gasteiger partial charge in [-0.25, -0.2) is 4.39 Å². The number of hydrogen-bond donors (Lipinski definition) is 2. The molecule has 5 heteroatoms. The van der Waals surface area contributed by atoms with Crippen molar-refractivity contribution in [2.75, 3.05) is 13.1 Å². The predicted molar refractivity (Wildman–Crippen MR) is 67.5 cm³/mol. The number of rotatable bonds is 2. The highest BCUT2D eigenvalue weighted by atomic mass is 79.9. The van der Waals surface area contributed by atoms with Gasteiger partial charge < -0.3 is 10.6 Å². The van der Waals surface area contributed by atoms with Crippen LogP contribution < -0.4 is 10.6 Å². The Morgan fingerprint density at radius 2 is 2.35 bits per heavy atom. The number of halogens is 2. The molecule has 1 unspecified atom stereocenters. The lowest BCUT2D eigenvalue weighted by atomic mass is 10.0. The molecule has 1 saturated heterocycles. The Morgan fingerprint density at radius 1 is 1.59 bits per heavy atom. The molecule has 0 radical (unpaired) electrons. The Hall–Kier alpha value is -0.940. The van der Waals surface area contributed by atoms with Crippen molar-refractivity contribution in [3.8, 4) is 0 Å². The first-order valence-electron chi connectivity index (χ1n) is 5.48. The van der Waals surface area contributed by atoms with Gasteiger partial charge in [0.2, 0.25) is 0 Å². The molecular formula is C12H14BrFN2O. The van der Waals surface area contributed by atoms with E-state index in [0.29, 0.717) is 10.0 Å². The highest BCUT2D eigenvalue weighted by molar-refractivity contribution is 9.10. The van der Waals surface area contributed by atoms with Gasteiger partial charge in [0.25, 0.3) is 5.91 Å². The van der Waals surface area contributed by atoms with Crippen molar-refractivity contribution in [1.82, 2.24) is 10.6 Å². The molecule has 92 valence electrons. The van der Waals surface area contributed by atoms with Crippen molar-refractivity contribution in [1.29, 1.82) is 0 Å². The number of carbonyl (C=O) groups excluding carboxylic acids is 1. The molecule has 0 aromatic heterocycles. The van der Waals surface area contributed by atoms with Gasteiger partial charge in [-0.05, 0) is 54.0 Å². The van der Waals surface area contributed by atoms with Crippen LogP contribution >= 0.6 is 15.9 Å². The Labute approximate surface area is 108 Å². The summed E-state index contributed by atoms with van der Waals surface area (Å²) in [5.74, 6) is -0.537. The van der Waals surface area contributed by atoms with E-state index in [2.05, 4.69) is 26.6 Å². The van der Waals surface area contributed by atoms with E-state index in [1.165, 1.54) is 18.2 Å². The first kappa shape index (κ1) is 12.5. The maximum atomic E-state index is 12.9. The molecule has 0 bridgehead atoms. The van der Waals surface area contributed by atoms with Crippen LogP contribution in [-0.4, -0.2) is 24.5 Å². The first-order chi connectivity index (χ1) is 8.00. The molecule has 1 heterocycles. The second-order valence-corrected chi connectivity index (χ2v) is 5.42. The minimum absolute atomic E-state index is 0.178. The average Bonchev–Trinajstić information content (AvgIpc) is 2.64. The maximum absolute atomic E-state index is 12.9. The third-order valence-corrected chi connectivity index (χ3v) is 3.62. The zero-order valence-corrected chi connectivity index (χ0v) is 11.1. The number of carbonyl (C=O) groups is 1. The number of nitrogens with one attached hydrogen (secondary N) is 2. The summed E-state index contributed by atoms with van der Waals surface area (Å²) in [6, 6.07) is 4.07. The van der Waals surface area contributed by atoms with E-state index in [1.54, 1.807) is 0 Å². The molecule has 17 heavy (non-hydrogen) atoms. The molecule has 1 aliphatic rings. The van der Waals surface area contributed by atoms with Crippen LogP contribution in [0.1, 0.15) is 23.7 Å². The summed E-state index contributed by atoms with van der Waals surface area (Å²) in [4.78, 5) is 12.0. The molecule has 1 aliphatic heterocycles. The molecule has 1 fully saturated rings. The molecule has 3 nitrogen and oxygen atoms in total. The number of hydrogen-bond acceptors (Lipinski definition) is 2. The van der Waals surface area contributed by atoms with Crippen molar-refractivity contribution in [2.45, 2.75) is 18.9 Å². The summed E-state index contributed by atoms with van der Waals surface area (Å²) < 4.78 is 13.4. The normalized spacial score (nSPS) is 23.7. The van der Waals surface area contributed by atoms with Crippen molar-refractivity contribution in [3.05, 3.63) is 34.1 Å². The second kappa shape index (κ2) is 4.74. The van der Waals surface area contributed by atoms with Crippen molar-refractivity contribution in [2.24, 2.45) is 0 Å². The molecule has 0 spiro atoms. The molecule has 0 saturated carbocycles. The molecule has 1 amide bonds. The van der Waals surface area contributed by atoms with Crippen molar-refractivity contribution < 1.29 is 9.18 Å². The van der Waals surface area contributed by atoms with Gasteiger partial charge in [0.15, 0.2) is 0 Å². The fourth-order valence-corrected chi connectivity index (χ4v) is 2.47. The molecule has 1 aromatic carbocycles. The minimum atomic E-state index is -0.359. The van der Waals surface area contributed by atoms with E-state index >= 15 is 0 Å². The third kappa shape index (κ3) is 2.84.